The highest BCUT2D eigenvalue weighted by molar-refractivity contribution is 7.60. The van der Waals surface area contributed by atoms with E-state index in [1.54, 1.807) is 0 Å². The van der Waals surface area contributed by atoms with E-state index in [-0.39, 0.29) is 40.7 Å². The minimum Gasteiger partial charge on any atom is -0.475 e. The van der Waals surface area contributed by atoms with Gasteiger partial charge in [0.1, 0.15) is 5.82 Å². The molecule has 10 heteroatoms. The van der Waals surface area contributed by atoms with E-state index < -0.39 is 13.5 Å². The van der Waals surface area contributed by atoms with Crippen molar-refractivity contribution in [3.63, 3.8) is 0 Å². The summed E-state index contributed by atoms with van der Waals surface area (Å²) in [6, 6.07) is 5.47. The van der Waals surface area contributed by atoms with E-state index in [4.69, 9.17) is 19.3 Å². The molecular formula is C17H22N3O6P. The first-order valence-corrected chi connectivity index (χ1v) is 9.84. The Bertz CT molecular complexity index is 820. The maximum absolute atomic E-state index is 12.5. The monoisotopic (exact) mass is 395 g/mol. The van der Waals surface area contributed by atoms with E-state index in [9.17, 15) is 9.36 Å². The predicted molar refractivity (Wildman–Crippen MR) is 99.6 cm³/mol. The molecule has 1 amide bonds. The number of nitrogens with zero attached hydrogens (tertiary/aromatic N) is 2. The van der Waals surface area contributed by atoms with Crippen LogP contribution in [0.15, 0.2) is 30.5 Å². The molecule has 27 heavy (non-hydrogen) atoms. The molecule has 2 aromatic rings. The molecule has 0 aliphatic rings. The second-order valence-electron chi connectivity index (χ2n) is 6.27. The quantitative estimate of drug-likeness (QED) is 0.608. The van der Waals surface area contributed by atoms with Crippen molar-refractivity contribution in [1.82, 2.24) is 9.97 Å². The molecule has 146 valence electrons. The van der Waals surface area contributed by atoms with Gasteiger partial charge in [0, 0.05) is 18.3 Å². The summed E-state index contributed by atoms with van der Waals surface area (Å²) in [5.41, 5.74) is 0.247. The molecule has 0 spiro atoms. The minimum absolute atomic E-state index is 0.135. The van der Waals surface area contributed by atoms with Crippen LogP contribution in [0.3, 0.4) is 0 Å². The summed E-state index contributed by atoms with van der Waals surface area (Å²) < 4.78 is 22.3. The first kappa shape index (κ1) is 20.8. The summed E-state index contributed by atoms with van der Waals surface area (Å²) in [4.78, 5) is 38.8. The summed E-state index contributed by atoms with van der Waals surface area (Å²) in [5.74, 6) is 0.152. The van der Waals surface area contributed by atoms with Gasteiger partial charge in [-0.05, 0) is 39.8 Å². The van der Waals surface area contributed by atoms with E-state index in [0.717, 1.165) is 6.20 Å². The fourth-order valence-corrected chi connectivity index (χ4v) is 2.51. The van der Waals surface area contributed by atoms with Crippen molar-refractivity contribution >= 4 is 24.6 Å². The highest BCUT2D eigenvalue weighted by Gasteiger charge is 2.18. The summed E-state index contributed by atoms with van der Waals surface area (Å²) >= 11 is 0. The van der Waals surface area contributed by atoms with Gasteiger partial charge in [-0.2, -0.15) is 4.98 Å². The van der Waals surface area contributed by atoms with Crippen LogP contribution >= 0.6 is 7.60 Å². The minimum atomic E-state index is -4.39. The summed E-state index contributed by atoms with van der Waals surface area (Å²) in [6.45, 7) is 7.35. The van der Waals surface area contributed by atoms with Gasteiger partial charge < -0.3 is 24.6 Å². The molecule has 0 fully saturated rings. The zero-order valence-electron chi connectivity index (χ0n) is 15.4. The zero-order valence-corrected chi connectivity index (χ0v) is 16.3. The van der Waals surface area contributed by atoms with Crippen molar-refractivity contribution in [2.75, 3.05) is 5.32 Å². The lowest BCUT2D eigenvalue weighted by molar-refractivity contribution is 0.102. The van der Waals surface area contributed by atoms with E-state index in [0.29, 0.717) is 0 Å². The molecule has 0 saturated carbocycles. The lowest BCUT2D eigenvalue weighted by Crippen LogP contribution is -2.16. The number of ether oxygens (including phenoxy) is 2. The van der Waals surface area contributed by atoms with Crippen LogP contribution in [-0.2, 0) is 4.57 Å². The van der Waals surface area contributed by atoms with Crippen molar-refractivity contribution < 1.29 is 28.6 Å². The van der Waals surface area contributed by atoms with Crippen molar-refractivity contribution in [3.8, 4) is 11.8 Å². The molecule has 2 aromatic heterocycles. The molecule has 0 aliphatic heterocycles. The SMILES string of the molecule is CC(C)Oc1cc(C(=O)Nc2ccc(P(=O)(O)O)cn2)cc(OC(C)C)n1. The second-order valence-corrected chi connectivity index (χ2v) is 7.87. The number of amides is 1. The number of rotatable bonds is 7. The molecule has 0 aromatic carbocycles. The first-order chi connectivity index (χ1) is 12.5. The fraction of sp³-hybridized carbons (Fsp3) is 0.353. The Labute approximate surface area is 156 Å². The average molecular weight is 395 g/mol. The number of pyridine rings is 2. The van der Waals surface area contributed by atoms with Crippen LogP contribution < -0.4 is 20.1 Å². The van der Waals surface area contributed by atoms with Gasteiger partial charge in [-0.15, -0.1) is 0 Å². The third-order valence-corrected chi connectivity index (χ3v) is 4.02. The van der Waals surface area contributed by atoms with Crippen molar-refractivity contribution in [3.05, 3.63) is 36.0 Å². The second kappa shape index (κ2) is 8.47. The van der Waals surface area contributed by atoms with Gasteiger partial charge in [0.15, 0.2) is 0 Å². The lowest BCUT2D eigenvalue weighted by atomic mass is 10.2. The van der Waals surface area contributed by atoms with E-state index in [1.807, 2.05) is 27.7 Å². The van der Waals surface area contributed by atoms with Crippen LogP contribution in [0.5, 0.6) is 11.8 Å². The highest BCUT2D eigenvalue weighted by atomic mass is 31.2. The van der Waals surface area contributed by atoms with Crippen LogP contribution in [0.1, 0.15) is 38.1 Å². The molecule has 2 rings (SSSR count). The van der Waals surface area contributed by atoms with E-state index >= 15 is 0 Å². The number of carbonyl (C=O) groups excluding carboxylic acids is 1. The Balaban J connectivity index is 2.24. The molecule has 3 N–H and O–H groups in total. The number of anilines is 1. The van der Waals surface area contributed by atoms with Crippen LogP contribution in [0, 0.1) is 0 Å². The van der Waals surface area contributed by atoms with Crippen molar-refractivity contribution in [2.24, 2.45) is 0 Å². The molecule has 0 bridgehead atoms. The maximum Gasteiger partial charge on any atom is 0.357 e. The van der Waals surface area contributed by atoms with Gasteiger partial charge >= 0.3 is 7.60 Å². The molecular weight excluding hydrogens is 373 g/mol. The normalized spacial score (nSPS) is 11.6. The highest BCUT2D eigenvalue weighted by Crippen LogP contribution is 2.32. The van der Waals surface area contributed by atoms with Gasteiger partial charge in [0.05, 0.1) is 23.1 Å². The van der Waals surface area contributed by atoms with Gasteiger partial charge in [-0.25, -0.2) is 4.98 Å². The van der Waals surface area contributed by atoms with Crippen LogP contribution in [0.2, 0.25) is 0 Å². The number of hydrogen-bond donors (Lipinski definition) is 3. The number of carbonyl (C=O) groups is 1. The van der Waals surface area contributed by atoms with Crippen LogP contribution in [0.25, 0.3) is 0 Å². The first-order valence-electron chi connectivity index (χ1n) is 8.23. The van der Waals surface area contributed by atoms with Gasteiger partial charge in [0.2, 0.25) is 11.8 Å². The third kappa shape index (κ3) is 6.32. The fourth-order valence-electron chi connectivity index (χ4n) is 2.04. The van der Waals surface area contributed by atoms with Crippen molar-refractivity contribution in [1.29, 1.82) is 0 Å². The number of nitrogens with one attached hydrogen (secondary N) is 1. The number of aromatic nitrogens is 2. The summed E-state index contributed by atoms with van der Waals surface area (Å²) in [6.07, 6.45) is 0.748. The molecule has 0 atom stereocenters. The van der Waals surface area contributed by atoms with Crippen molar-refractivity contribution in [2.45, 2.75) is 39.9 Å². The zero-order chi connectivity index (χ0) is 20.2. The summed E-state index contributed by atoms with van der Waals surface area (Å²) in [7, 11) is -4.39. The van der Waals surface area contributed by atoms with E-state index in [2.05, 4.69) is 15.3 Å². The van der Waals surface area contributed by atoms with E-state index in [1.165, 1.54) is 24.3 Å². The van der Waals surface area contributed by atoms with Crippen LogP contribution in [-0.4, -0.2) is 37.9 Å². The largest absolute Gasteiger partial charge is 0.475 e. The topological polar surface area (TPSA) is 131 Å². The molecule has 9 nitrogen and oxygen atoms in total. The predicted octanol–water partition coefficient (Wildman–Crippen LogP) is 2.11. The summed E-state index contributed by atoms with van der Waals surface area (Å²) in [5, 5.41) is 2.32. The standard InChI is InChI=1S/C17H22N3O6P/c1-10(2)25-15-7-12(8-16(20-15)26-11(3)4)17(21)19-14-6-5-13(9-18-14)27(22,23)24/h5-11H,1-4H3,(H,18,19,21)(H2,22,23,24). The smallest absolute Gasteiger partial charge is 0.357 e. The molecule has 0 saturated heterocycles. The lowest BCUT2D eigenvalue weighted by Gasteiger charge is -2.14. The van der Waals surface area contributed by atoms with Gasteiger partial charge in [0.25, 0.3) is 5.91 Å². The van der Waals surface area contributed by atoms with Crippen LogP contribution in [0.4, 0.5) is 5.82 Å². The molecule has 0 unspecified atom stereocenters. The Morgan fingerprint density at radius 1 is 1.07 bits per heavy atom. The Morgan fingerprint density at radius 3 is 2.04 bits per heavy atom. The number of hydrogen-bond acceptors (Lipinski definition) is 6. The molecule has 0 radical (unpaired) electrons. The van der Waals surface area contributed by atoms with Gasteiger partial charge in [-0.3, -0.25) is 9.36 Å². The average Bonchev–Trinajstić information content (AvgIpc) is 2.53. The Morgan fingerprint density at radius 2 is 1.63 bits per heavy atom. The maximum atomic E-state index is 12.5. The Kier molecular flexibility index (Phi) is 6.54. The Hall–Kier alpha value is -2.48. The molecule has 0 aliphatic carbocycles. The van der Waals surface area contributed by atoms with Gasteiger partial charge in [-0.1, -0.05) is 0 Å². The molecule has 2 heterocycles. The third-order valence-electron chi connectivity index (χ3n) is 3.08.